The summed E-state index contributed by atoms with van der Waals surface area (Å²) in [6, 6.07) is 0. The summed E-state index contributed by atoms with van der Waals surface area (Å²) in [5.74, 6) is -1.44. The summed E-state index contributed by atoms with van der Waals surface area (Å²) in [5.41, 5.74) is 0. The van der Waals surface area contributed by atoms with E-state index in [9.17, 15) is 18.0 Å². The second-order valence-corrected chi connectivity index (χ2v) is 7.59. The molecule has 0 aliphatic carbocycles. The largest absolute Gasteiger partial charge is 0.481 e. The number of carbonyl (C=O) groups is 2. The van der Waals surface area contributed by atoms with Crippen molar-refractivity contribution in [2.24, 2.45) is 11.8 Å². The van der Waals surface area contributed by atoms with Crippen LogP contribution in [0, 0.1) is 11.8 Å². The normalized spacial score (nSPS) is 19.1. The Kier molecular flexibility index (Phi) is 6.60. The molecule has 21 heavy (non-hydrogen) atoms. The molecule has 0 aromatic carbocycles. The molecule has 1 heterocycles. The van der Waals surface area contributed by atoms with Gasteiger partial charge in [0.05, 0.1) is 12.2 Å². The number of carbonyl (C=O) groups excluding carboxylic acids is 1. The summed E-state index contributed by atoms with van der Waals surface area (Å²) in [6.07, 6.45) is 3.40. The Morgan fingerprint density at radius 3 is 2.38 bits per heavy atom. The minimum atomic E-state index is -3.17. The van der Waals surface area contributed by atoms with Crippen LogP contribution in [0.15, 0.2) is 0 Å². The van der Waals surface area contributed by atoms with Gasteiger partial charge in [-0.1, -0.05) is 6.92 Å². The zero-order valence-corrected chi connectivity index (χ0v) is 13.4. The zero-order chi connectivity index (χ0) is 16.0. The van der Waals surface area contributed by atoms with Gasteiger partial charge in [0.25, 0.3) is 0 Å². The van der Waals surface area contributed by atoms with Gasteiger partial charge in [-0.3, -0.25) is 9.59 Å². The van der Waals surface area contributed by atoms with Crippen LogP contribution in [0.1, 0.15) is 32.6 Å². The maximum atomic E-state index is 11.9. The number of carboxylic acid groups (broad SMARTS) is 1. The van der Waals surface area contributed by atoms with E-state index < -0.39 is 21.9 Å². The van der Waals surface area contributed by atoms with E-state index in [0.717, 1.165) is 0 Å². The number of sulfonamides is 1. The minimum Gasteiger partial charge on any atom is -0.481 e. The molecule has 1 amide bonds. The van der Waals surface area contributed by atoms with Crippen molar-refractivity contribution >= 4 is 21.9 Å². The molecule has 122 valence electrons. The number of nitrogens with one attached hydrogen (secondary N) is 1. The quantitative estimate of drug-likeness (QED) is 0.656. The first-order valence-electron chi connectivity index (χ1n) is 7.17. The van der Waals surface area contributed by atoms with Crippen LogP contribution in [0.3, 0.4) is 0 Å². The van der Waals surface area contributed by atoms with E-state index in [4.69, 9.17) is 5.11 Å². The molecule has 0 bridgehead atoms. The number of hydrogen-bond donors (Lipinski definition) is 2. The van der Waals surface area contributed by atoms with Crippen LogP contribution >= 0.6 is 0 Å². The van der Waals surface area contributed by atoms with Gasteiger partial charge in [-0.05, 0) is 25.7 Å². The Morgan fingerprint density at radius 2 is 1.90 bits per heavy atom. The predicted octanol–water partition coefficient (Wildman–Crippen LogP) is 0.275. The van der Waals surface area contributed by atoms with E-state index in [1.54, 1.807) is 6.92 Å². The van der Waals surface area contributed by atoms with Crippen LogP contribution in [-0.4, -0.2) is 55.6 Å². The summed E-state index contributed by atoms with van der Waals surface area (Å²) in [6.45, 7) is 2.87. The van der Waals surface area contributed by atoms with E-state index in [1.165, 1.54) is 10.6 Å². The molecule has 1 aliphatic heterocycles. The smallest absolute Gasteiger partial charge is 0.306 e. The Morgan fingerprint density at radius 1 is 1.33 bits per heavy atom. The molecule has 0 aromatic heterocycles. The summed E-state index contributed by atoms with van der Waals surface area (Å²) >= 11 is 0. The SMILES string of the molecule is CC(CCCNC(=O)C1CCN(S(C)(=O)=O)CC1)C(=O)O. The van der Waals surface area contributed by atoms with Crippen molar-refractivity contribution in [3.8, 4) is 0 Å². The van der Waals surface area contributed by atoms with Crippen molar-refractivity contribution in [1.82, 2.24) is 9.62 Å². The molecule has 0 radical (unpaired) electrons. The third-order valence-electron chi connectivity index (χ3n) is 3.83. The Labute approximate surface area is 125 Å². The molecule has 1 fully saturated rings. The topological polar surface area (TPSA) is 104 Å². The highest BCUT2D eigenvalue weighted by atomic mass is 32.2. The lowest BCUT2D eigenvalue weighted by atomic mass is 9.97. The molecule has 0 saturated carbocycles. The molecule has 7 nitrogen and oxygen atoms in total. The Bertz CT molecular complexity index is 469. The fourth-order valence-corrected chi connectivity index (χ4v) is 3.21. The van der Waals surface area contributed by atoms with Crippen LogP contribution in [-0.2, 0) is 19.6 Å². The maximum Gasteiger partial charge on any atom is 0.306 e. The Hall–Kier alpha value is -1.15. The van der Waals surface area contributed by atoms with Crippen molar-refractivity contribution in [2.75, 3.05) is 25.9 Å². The monoisotopic (exact) mass is 320 g/mol. The second kappa shape index (κ2) is 7.74. The second-order valence-electron chi connectivity index (χ2n) is 5.61. The molecule has 0 aromatic rings. The van der Waals surface area contributed by atoms with Gasteiger partial charge in [0.1, 0.15) is 0 Å². The molecule has 0 spiro atoms. The highest BCUT2D eigenvalue weighted by Gasteiger charge is 2.28. The van der Waals surface area contributed by atoms with Gasteiger partial charge in [0, 0.05) is 25.6 Å². The van der Waals surface area contributed by atoms with Crippen LogP contribution < -0.4 is 5.32 Å². The lowest BCUT2D eigenvalue weighted by Gasteiger charge is -2.29. The number of carboxylic acids is 1. The number of amides is 1. The van der Waals surface area contributed by atoms with Crippen LogP contribution in [0.4, 0.5) is 0 Å². The van der Waals surface area contributed by atoms with Gasteiger partial charge >= 0.3 is 5.97 Å². The average molecular weight is 320 g/mol. The predicted molar refractivity (Wildman–Crippen MR) is 78.2 cm³/mol. The zero-order valence-electron chi connectivity index (χ0n) is 12.5. The lowest BCUT2D eigenvalue weighted by Crippen LogP contribution is -2.42. The molecule has 1 rings (SSSR count). The molecule has 1 unspecified atom stereocenters. The molecule has 2 N–H and O–H groups in total. The van der Waals surface area contributed by atoms with Crippen molar-refractivity contribution in [1.29, 1.82) is 0 Å². The first kappa shape index (κ1) is 17.9. The van der Waals surface area contributed by atoms with Crippen molar-refractivity contribution in [3.63, 3.8) is 0 Å². The van der Waals surface area contributed by atoms with Crippen molar-refractivity contribution < 1.29 is 23.1 Å². The van der Waals surface area contributed by atoms with Gasteiger partial charge in [-0.2, -0.15) is 0 Å². The van der Waals surface area contributed by atoms with Gasteiger partial charge in [0.2, 0.25) is 15.9 Å². The summed E-state index contributed by atoms with van der Waals surface area (Å²) in [5, 5.41) is 11.5. The van der Waals surface area contributed by atoms with E-state index in [2.05, 4.69) is 5.32 Å². The van der Waals surface area contributed by atoms with Gasteiger partial charge in [-0.25, -0.2) is 12.7 Å². The van der Waals surface area contributed by atoms with Crippen molar-refractivity contribution in [3.05, 3.63) is 0 Å². The van der Waals surface area contributed by atoms with E-state index >= 15 is 0 Å². The number of piperidine rings is 1. The molecule has 1 atom stereocenters. The first-order chi connectivity index (χ1) is 9.71. The molecule has 1 saturated heterocycles. The standard InChI is InChI=1S/C13H24N2O5S/c1-10(13(17)18)4-3-7-14-12(16)11-5-8-15(9-6-11)21(2,19)20/h10-11H,3-9H2,1-2H3,(H,14,16)(H,17,18). The van der Waals surface area contributed by atoms with Gasteiger partial charge < -0.3 is 10.4 Å². The fraction of sp³-hybridized carbons (Fsp3) is 0.846. The lowest BCUT2D eigenvalue weighted by molar-refractivity contribution is -0.141. The Balaban J connectivity index is 2.24. The third-order valence-corrected chi connectivity index (χ3v) is 5.13. The molecule has 1 aliphatic rings. The number of nitrogens with zero attached hydrogens (tertiary/aromatic N) is 1. The van der Waals surface area contributed by atoms with E-state index in [1.807, 2.05) is 0 Å². The van der Waals surface area contributed by atoms with Crippen LogP contribution in [0.5, 0.6) is 0 Å². The highest BCUT2D eigenvalue weighted by Crippen LogP contribution is 2.19. The van der Waals surface area contributed by atoms with Crippen molar-refractivity contribution in [2.45, 2.75) is 32.6 Å². The molecule has 8 heteroatoms. The van der Waals surface area contributed by atoms with Gasteiger partial charge in [-0.15, -0.1) is 0 Å². The maximum absolute atomic E-state index is 11.9. The summed E-state index contributed by atoms with van der Waals surface area (Å²) in [4.78, 5) is 22.6. The average Bonchev–Trinajstić information content (AvgIpc) is 2.42. The van der Waals surface area contributed by atoms with E-state index in [0.29, 0.717) is 45.3 Å². The summed E-state index contributed by atoms with van der Waals surface area (Å²) in [7, 11) is -3.17. The highest BCUT2D eigenvalue weighted by molar-refractivity contribution is 7.88. The summed E-state index contributed by atoms with van der Waals surface area (Å²) < 4.78 is 24.1. The number of rotatable bonds is 7. The molecular weight excluding hydrogens is 296 g/mol. The van der Waals surface area contributed by atoms with Crippen LogP contribution in [0.2, 0.25) is 0 Å². The fourth-order valence-electron chi connectivity index (χ4n) is 2.34. The third kappa shape index (κ3) is 6.01. The van der Waals surface area contributed by atoms with E-state index in [-0.39, 0.29) is 11.8 Å². The van der Waals surface area contributed by atoms with Gasteiger partial charge in [0.15, 0.2) is 0 Å². The number of aliphatic carboxylic acids is 1. The number of hydrogen-bond acceptors (Lipinski definition) is 4. The minimum absolute atomic E-state index is 0.0638. The first-order valence-corrected chi connectivity index (χ1v) is 9.02. The van der Waals surface area contributed by atoms with Crippen LogP contribution in [0.25, 0.3) is 0 Å². The molecular formula is C13H24N2O5S.